The van der Waals surface area contributed by atoms with Gasteiger partial charge in [0.15, 0.2) is 0 Å². The standard InChI is InChI=1S/C14H21NO3S/c1-10-14(2,6-7-18-10)15-9-12-5-4-11(19-12)8-13(16)17-3/h4-5,10,15H,6-9H2,1-3H3. The molecule has 0 bridgehead atoms. The van der Waals surface area contributed by atoms with Crippen LogP contribution >= 0.6 is 11.3 Å². The zero-order chi connectivity index (χ0) is 13.9. The third-order valence-corrected chi connectivity index (χ3v) is 4.90. The molecule has 2 atom stereocenters. The van der Waals surface area contributed by atoms with Crippen LogP contribution in [0.4, 0.5) is 0 Å². The number of carbonyl (C=O) groups is 1. The highest BCUT2D eigenvalue weighted by atomic mass is 32.1. The summed E-state index contributed by atoms with van der Waals surface area (Å²) in [7, 11) is 1.42. The molecule has 0 spiro atoms. The highest BCUT2D eigenvalue weighted by molar-refractivity contribution is 7.12. The van der Waals surface area contributed by atoms with Crippen molar-refractivity contribution in [1.29, 1.82) is 0 Å². The molecule has 5 heteroatoms. The van der Waals surface area contributed by atoms with Crippen molar-refractivity contribution in [2.24, 2.45) is 0 Å². The van der Waals surface area contributed by atoms with Gasteiger partial charge in [-0.2, -0.15) is 0 Å². The summed E-state index contributed by atoms with van der Waals surface area (Å²) in [6.45, 7) is 5.95. The molecule has 0 saturated carbocycles. The molecule has 0 aliphatic carbocycles. The van der Waals surface area contributed by atoms with Gasteiger partial charge in [0.2, 0.25) is 0 Å². The SMILES string of the molecule is COC(=O)Cc1ccc(CNC2(C)CCOC2C)s1. The van der Waals surface area contributed by atoms with Crippen LogP contribution in [0.1, 0.15) is 30.0 Å². The molecule has 2 rings (SSSR count). The lowest BCUT2D eigenvalue weighted by molar-refractivity contribution is -0.139. The molecular formula is C14H21NO3S. The van der Waals surface area contributed by atoms with E-state index in [0.717, 1.165) is 24.4 Å². The lowest BCUT2D eigenvalue weighted by atomic mass is 9.95. The van der Waals surface area contributed by atoms with Crippen molar-refractivity contribution in [1.82, 2.24) is 5.32 Å². The molecule has 1 aromatic heterocycles. The number of carbonyl (C=O) groups excluding carboxylic acids is 1. The normalized spacial score (nSPS) is 26.6. The molecule has 1 saturated heterocycles. The molecular weight excluding hydrogens is 262 g/mol. The Labute approximate surface area is 118 Å². The molecule has 4 nitrogen and oxygen atoms in total. The Kier molecular flexibility index (Phi) is 4.60. The quantitative estimate of drug-likeness (QED) is 0.841. The van der Waals surface area contributed by atoms with Crippen LogP contribution in [0.25, 0.3) is 0 Å². The van der Waals surface area contributed by atoms with Crippen molar-refractivity contribution in [3.05, 3.63) is 21.9 Å². The van der Waals surface area contributed by atoms with E-state index in [9.17, 15) is 4.79 Å². The third-order valence-electron chi connectivity index (χ3n) is 3.82. The lowest BCUT2D eigenvalue weighted by Gasteiger charge is -2.28. The zero-order valence-corrected chi connectivity index (χ0v) is 12.5. The maximum atomic E-state index is 11.2. The van der Waals surface area contributed by atoms with Gasteiger partial charge in [-0.15, -0.1) is 11.3 Å². The van der Waals surface area contributed by atoms with Gasteiger partial charge >= 0.3 is 5.97 Å². The first-order chi connectivity index (χ1) is 9.03. The van der Waals surface area contributed by atoms with Gasteiger partial charge in [-0.3, -0.25) is 4.79 Å². The second kappa shape index (κ2) is 6.03. The first kappa shape index (κ1) is 14.5. The van der Waals surface area contributed by atoms with Gasteiger partial charge in [-0.1, -0.05) is 0 Å². The van der Waals surface area contributed by atoms with Crippen LogP contribution in [-0.2, 0) is 27.2 Å². The highest BCUT2D eigenvalue weighted by Crippen LogP contribution is 2.26. The van der Waals surface area contributed by atoms with Gasteiger partial charge in [-0.25, -0.2) is 0 Å². The number of esters is 1. The smallest absolute Gasteiger partial charge is 0.310 e. The minimum atomic E-state index is -0.189. The third kappa shape index (κ3) is 3.55. The van der Waals surface area contributed by atoms with Crippen molar-refractivity contribution >= 4 is 17.3 Å². The van der Waals surface area contributed by atoms with Gasteiger partial charge < -0.3 is 14.8 Å². The average Bonchev–Trinajstić information content (AvgIpc) is 2.96. The molecule has 1 N–H and O–H groups in total. The van der Waals surface area contributed by atoms with E-state index in [4.69, 9.17) is 4.74 Å². The molecule has 0 radical (unpaired) electrons. The second-order valence-electron chi connectivity index (χ2n) is 5.15. The van der Waals surface area contributed by atoms with Crippen LogP contribution in [0.3, 0.4) is 0 Å². The molecule has 0 amide bonds. The highest BCUT2D eigenvalue weighted by Gasteiger charge is 2.36. The lowest BCUT2D eigenvalue weighted by Crippen LogP contribution is -2.47. The second-order valence-corrected chi connectivity index (χ2v) is 6.41. The monoisotopic (exact) mass is 283 g/mol. The average molecular weight is 283 g/mol. The Morgan fingerprint density at radius 2 is 2.32 bits per heavy atom. The van der Waals surface area contributed by atoms with Crippen molar-refractivity contribution < 1.29 is 14.3 Å². The maximum Gasteiger partial charge on any atom is 0.310 e. The number of hydrogen-bond acceptors (Lipinski definition) is 5. The summed E-state index contributed by atoms with van der Waals surface area (Å²) in [5.74, 6) is -0.189. The van der Waals surface area contributed by atoms with Crippen molar-refractivity contribution in [3.8, 4) is 0 Å². The summed E-state index contributed by atoms with van der Waals surface area (Å²) in [5.41, 5.74) is 0.0481. The van der Waals surface area contributed by atoms with Crippen LogP contribution in [0, 0.1) is 0 Å². The van der Waals surface area contributed by atoms with Crippen molar-refractivity contribution in [3.63, 3.8) is 0 Å². The van der Waals surface area contributed by atoms with E-state index < -0.39 is 0 Å². The topological polar surface area (TPSA) is 47.6 Å². The fourth-order valence-electron chi connectivity index (χ4n) is 2.18. The number of nitrogens with one attached hydrogen (secondary N) is 1. The first-order valence-electron chi connectivity index (χ1n) is 6.54. The maximum absolute atomic E-state index is 11.2. The Morgan fingerprint density at radius 1 is 1.58 bits per heavy atom. The molecule has 19 heavy (non-hydrogen) atoms. The van der Waals surface area contributed by atoms with E-state index in [-0.39, 0.29) is 17.6 Å². The number of ether oxygens (including phenoxy) is 2. The largest absolute Gasteiger partial charge is 0.469 e. The van der Waals surface area contributed by atoms with Gasteiger partial charge in [0, 0.05) is 28.4 Å². The minimum Gasteiger partial charge on any atom is -0.469 e. The van der Waals surface area contributed by atoms with E-state index in [1.807, 2.05) is 6.07 Å². The van der Waals surface area contributed by atoms with Crippen LogP contribution < -0.4 is 5.32 Å². The van der Waals surface area contributed by atoms with Crippen LogP contribution in [0.2, 0.25) is 0 Å². The molecule has 2 heterocycles. The molecule has 106 valence electrons. The Hall–Kier alpha value is -0.910. The van der Waals surface area contributed by atoms with Gasteiger partial charge in [0.05, 0.1) is 19.6 Å². The van der Waals surface area contributed by atoms with Gasteiger partial charge in [0.1, 0.15) is 0 Å². The molecule has 2 unspecified atom stereocenters. The zero-order valence-electron chi connectivity index (χ0n) is 11.7. The summed E-state index contributed by atoms with van der Waals surface area (Å²) >= 11 is 1.66. The molecule has 1 aliphatic rings. The summed E-state index contributed by atoms with van der Waals surface area (Å²) in [6, 6.07) is 4.06. The van der Waals surface area contributed by atoms with E-state index >= 15 is 0 Å². The summed E-state index contributed by atoms with van der Waals surface area (Å²) in [6.07, 6.45) is 1.63. The number of thiophene rings is 1. The Balaban J connectivity index is 1.88. The van der Waals surface area contributed by atoms with Crippen LogP contribution in [0.5, 0.6) is 0 Å². The van der Waals surface area contributed by atoms with E-state index in [1.54, 1.807) is 11.3 Å². The predicted molar refractivity (Wildman–Crippen MR) is 75.3 cm³/mol. The summed E-state index contributed by atoms with van der Waals surface area (Å²) < 4.78 is 10.3. The minimum absolute atomic E-state index is 0.0481. The van der Waals surface area contributed by atoms with Gasteiger partial charge in [-0.05, 0) is 32.4 Å². The molecule has 1 aliphatic heterocycles. The van der Waals surface area contributed by atoms with Crippen molar-refractivity contribution in [2.45, 2.75) is 44.9 Å². The fourth-order valence-corrected chi connectivity index (χ4v) is 3.13. The Bertz CT molecular complexity index is 446. The predicted octanol–water partition coefficient (Wildman–Crippen LogP) is 2.12. The summed E-state index contributed by atoms with van der Waals surface area (Å²) in [4.78, 5) is 13.5. The van der Waals surface area contributed by atoms with E-state index in [1.165, 1.54) is 12.0 Å². The van der Waals surface area contributed by atoms with E-state index in [0.29, 0.717) is 6.42 Å². The number of hydrogen-bond donors (Lipinski definition) is 1. The Morgan fingerprint density at radius 3 is 2.95 bits per heavy atom. The van der Waals surface area contributed by atoms with Crippen LogP contribution in [0.15, 0.2) is 12.1 Å². The van der Waals surface area contributed by atoms with E-state index in [2.05, 4.69) is 30.0 Å². The van der Waals surface area contributed by atoms with Crippen molar-refractivity contribution in [2.75, 3.05) is 13.7 Å². The fraction of sp³-hybridized carbons (Fsp3) is 0.643. The van der Waals surface area contributed by atoms with Crippen LogP contribution in [-0.4, -0.2) is 31.3 Å². The first-order valence-corrected chi connectivity index (χ1v) is 7.36. The molecule has 0 aromatic carbocycles. The molecule has 1 aromatic rings. The summed E-state index contributed by atoms with van der Waals surface area (Å²) in [5, 5.41) is 3.57. The number of rotatable bonds is 5. The number of methoxy groups -OCH3 is 1. The molecule has 1 fully saturated rings. The van der Waals surface area contributed by atoms with Gasteiger partial charge in [0.25, 0.3) is 0 Å².